The fourth-order valence-corrected chi connectivity index (χ4v) is 1.78. The number of hydrogen-bond donors (Lipinski definition) is 2. The summed E-state index contributed by atoms with van der Waals surface area (Å²) in [5.41, 5.74) is 3.32. The van der Waals surface area contributed by atoms with Crippen molar-refractivity contribution in [1.82, 2.24) is 0 Å². The van der Waals surface area contributed by atoms with Crippen LogP contribution in [0, 0.1) is 0 Å². The molecule has 0 spiro atoms. The second-order valence-electron chi connectivity index (χ2n) is 4.40. The summed E-state index contributed by atoms with van der Waals surface area (Å²) in [5.74, 6) is 0. The molecule has 1 aliphatic heterocycles. The predicted molar refractivity (Wildman–Crippen MR) is 74.4 cm³/mol. The lowest BCUT2D eigenvalue weighted by molar-refractivity contribution is 0.417. The SMILES string of the molecule is c1ccc(Nc2ccc(NCC3CO3)cc2)cc1. The summed E-state index contributed by atoms with van der Waals surface area (Å²) in [6.07, 6.45) is 0.409. The van der Waals surface area contributed by atoms with Gasteiger partial charge >= 0.3 is 0 Å². The molecule has 1 unspecified atom stereocenters. The van der Waals surface area contributed by atoms with E-state index >= 15 is 0 Å². The summed E-state index contributed by atoms with van der Waals surface area (Å²) in [6.45, 7) is 1.78. The van der Waals surface area contributed by atoms with E-state index in [-0.39, 0.29) is 0 Å². The molecule has 1 aliphatic rings. The minimum Gasteiger partial charge on any atom is -0.382 e. The van der Waals surface area contributed by atoms with Gasteiger partial charge < -0.3 is 15.4 Å². The molecule has 3 heteroatoms. The molecule has 1 atom stereocenters. The minimum atomic E-state index is 0.409. The quantitative estimate of drug-likeness (QED) is 0.788. The number of benzene rings is 2. The lowest BCUT2D eigenvalue weighted by Gasteiger charge is -2.08. The summed E-state index contributed by atoms with van der Waals surface area (Å²) in [6, 6.07) is 18.5. The van der Waals surface area contributed by atoms with Gasteiger partial charge in [-0.3, -0.25) is 0 Å². The minimum absolute atomic E-state index is 0.409. The maximum atomic E-state index is 5.16. The lowest BCUT2D eigenvalue weighted by Crippen LogP contribution is -2.07. The Balaban J connectivity index is 1.59. The van der Waals surface area contributed by atoms with E-state index in [2.05, 4.69) is 47.0 Å². The zero-order valence-corrected chi connectivity index (χ0v) is 10.1. The summed E-state index contributed by atoms with van der Waals surface area (Å²) >= 11 is 0. The van der Waals surface area contributed by atoms with E-state index in [4.69, 9.17) is 4.74 Å². The summed E-state index contributed by atoms with van der Waals surface area (Å²) in [4.78, 5) is 0. The van der Waals surface area contributed by atoms with Crippen LogP contribution in [0.2, 0.25) is 0 Å². The van der Waals surface area contributed by atoms with E-state index in [1.54, 1.807) is 0 Å². The van der Waals surface area contributed by atoms with Gasteiger partial charge in [0.25, 0.3) is 0 Å². The Hall–Kier alpha value is -2.00. The summed E-state index contributed by atoms with van der Waals surface area (Å²) < 4.78 is 5.16. The zero-order chi connectivity index (χ0) is 12.2. The van der Waals surface area contributed by atoms with Crippen LogP contribution in [-0.2, 0) is 4.74 Å². The highest BCUT2D eigenvalue weighted by atomic mass is 16.6. The molecule has 0 bridgehead atoms. The van der Waals surface area contributed by atoms with Crippen molar-refractivity contribution >= 4 is 17.1 Å². The molecular formula is C15H16N2O. The predicted octanol–water partition coefficient (Wildman–Crippen LogP) is 3.24. The van der Waals surface area contributed by atoms with Crippen LogP contribution in [0.4, 0.5) is 17.1 Å². The molecule has 0 amide bonds. The van der Waals surface area contributed by atoms with Gasteiger partial charge in [0, 0.05) is 23.6 Å². The third-order valence-corrected chi connectivity index (χ3v) is 2.88. The second-order valence-corrected chi connectivity index (χ2v) is 4.40. The maximum absolute atomic E-state index is 5.16. The third kappa shape index (κ3) is 3.02. The molecule has 92 valence electrons. The maximum Gasteiger partial charge on any atom is 0.0981 e. The number of epoxide rings is 1. The zero-order valence-electron chi connectivity index (χ0n) is 10.1. The summed E-state index contributed by atoms with van der Waals surface area (Å²) in [7, 11) is 0. The largest absolute Gasteiger partial charge is 0.382 e. The molecule has 2 N–H and O–H groups in total. The average Bonchev–Trinajstić information content (AvgIpc) is 3.23. The first-order valence-electron chi connectivity index (χ1n) is 6.18. The number of anilines is 3. The smallest absolute Gasteiger partial charge is 0.0981 e. The fraction of sp³-hybridized carbons (Fsp3) is 0.200. The second kappa shape index (κ2) is 5.10. The molecule has 2 aromatic carbocycles. The van der Waals surface area contributed by atoms with Gasteiger partial charge in [-0.05, 0) is 36.4 Å². The van der Waals surface area contributed by atoms with Crippen LogP contribution in [0.5, 0.6) is 0 Å². The monoisotopic (exact) mass is 240 g/mol. The molecule has 0 aromatic heterocycles. The standard InChI is InChI=1S/C15H16N2O/c1-2-4-13(5-3-1)17-14-8-6-12(7-9-14)16-10-15-11-18-15/h1-9,15-17H,10-11H2. The highest BCUT2D eigenvalue weighted by Crippen LogP contribution is 2.19. The molecule has 1 saturated heterocycles. The third-order valence-electron chi connectivity index (χ3n) is 2.88. The van der Waals surface area contributed by atoms with Gasteiger partial charge in [-0.25, -0.2) is 0 Å². The van der Waals surface area contributed by atoms with Gasteiger partial charge in [0.1, 0.15) is 0 Å². The van der Waals surface area contributed by atoms with E-state index in [9.17, 15) is 0 Å². The van der Waals surface area contributed by atoms with Crippen molar-refractivity contribution in [3.63, 3.8) is 0 Å². The Morgan fingerprint density at radius 2 is 1.50 bits per heavy atom. The molecule has 18 heavy (non-hydrogen) atoms. The molecule has 3 nitrogen and oxygen atoms in total. The first-order valence-corrected chi connectivity index (χ1v) is 6.18. The molecule has 2 aromatic rings. The summed E-state index contributed by atoms with van der Waals surface area (Å²) in [5, 5.41) is 6.70. The highest BCUT2D eigenvalue weighted by Gasteiger charge is 2.21. The van der Waals surface area contributed by atoms with Crippen molar-refractivity contribution in [3.05, 3.63) is 54.6 Å². The normalized spacial score (nSPS) is 17.2. The van der Waals surface area contributed by atoms with Gasteiger partial charge in [0.15, 0.2) is 0 Å². The molecule has 1 fully saturated rings. The number of para-hydroxylation sites is 1. The molecule has 0 radical (unpaired) electrons. The van der Waals surface area contributed by atoms with Crippen LogP contribution in [0.25, 0.3) is 0 Å². The van der Waals surface area contributed by atoms with Gasteiger partial charge in [-0.2, -0.15) is 0 Å². The Bertz CT molecular complexity index is 492. The fourth-order valence-electron chi connectivity index (χ4n) is 1.78. The van der Waals surface area contributed by atoms with Gasteiger partial charge in [-0.1, -0.05) is 18.2 Å². The van der Waals surface area contributed by atoms with Crippen molar-refractivity contribution in [3.8, 4) is 0 Å². The Labute approximate surface area is 107 Å². The number of rotatable bonds is 5. The first-order chi connectivity index (χ1) is 8.90. The Morgan fingerprint density at radius 3 is 2.17 bits per heavy atom. The molecule has 0 aliphatic carbocycles. The number of ether oxygens (including phenoxy) is 1. The molecule has 3 rings (SSSR count). The Kier molecular flexibility index (Phi) is 3.15. The van der Waals surface area contributed by atoms with Crippen LogP contribution in [0.1, 0.15) is 0 Å². The van der Waals surface area contributed by atoms with E-state index in [0.717, 1.165) is 30.2 Å². The van der Waals surface area contributed by atoms with Crippen LogP contribution in [0.3, 0.4) is 0 Å². The number of hydrogen-bond acceptors (Lipinski definition) is 3. The van der Waals surface area contributed by atoms with Crippen LogP contribution >= 0.6 is 0 Å². The van der Waals surface area contributed by atoms with E-state index in [0.29, 0.717) is 6.10 Å². The molecule has 0 saturated carbocycles. The first kappa shape index (κ1) is 11.1. The molecule has 1 heterocycles. The Morgan fingerprint density at radius 1 is 0.889 bits per heavy atom. The van der Waals surface area contributed by atoms with Crippen molar-refractivity contribution in [2.75, 3.05) is 23.8 Å². The van der Waals surface area contributed by atoms with Gasteiger partial charge in [0.05, 0.1) is 12.7 Å². The van der Waals surface area contributed by atoms with Crippen LogP contribution in [0.15, 0.2) is 54.6 Å². The number of nitrogens with one attached hydrogen (secondary N) is 2. The van der Waals surface area contributed by atoms with Gasteiger partial charge in [0.2, 0.25) is 0 Å². The van der Waals surface area contributed by atoms with Crippen LogP contribution in [-0.4, -0.2) is 19.3 Å². The van der Waals surface area contributed by atoms with Crippen molar-refractivity contribution in [1.29, 1.82) is 0 Å². The van der Waals surface area contributed by atoms with Crippen molar-refractivity contribution < 1.29 is 4.74 Å². The van der Waals surface area contributed by atoms with Crippen molar-refractivity contribution in [2.24, 2.45) is 0 Å². The lowest BCUT2D eigenvalue weighted by atomic mass is 10.2. The van der Waals surface area contributed by atoms with Gasteiger partial charge in [-0.15, -0.1) is 0 Å². The van der Waals surface area contributed by atoms with Crippen LogP contribution < -0.4 is 10.6 Å². The van der Waals surface area contributed by atoms with E-state index in [1.165, 1.54) is 0 Å². The highest BCUT2D eigenvalue weighted by molar-refractivity contribution is 5.62. The van der Waals surface area contributed by atoms with E-state index in [1.807, 2.05) is 18.2 Å². The van der Waals surface area contributed by atoms with E-state index < -0.39 is 0 Å². The van der Waals surface area contributed by atoms with Crippen molar-refractivity contribution in [2.45, 2.75) is 6.10 Å². The topological polar surface area (TPSA) is 36.6 Å². The average molecular weight is 240 g/mol. The molecular weight excluding hydrogens is 224 g/mol.